The van der Waals surface area contributed by atoms with Crippen molar-refractivity contribution in [2.75, 3.05) is 0 Å². The van der Waals surface area contributed by atoms with Crippen molar-refractivity contribution in [3.8, 4) is 30.3 Å². The van der Waals surface area contributed by atoms with Gasteiger partial charge >= 0.3 is 0 Å². The molecule has 0 rings (SSSR count). The van der Waals surface area contributed by atoms with E-state index in [1.807, 2.05) is 6.07 Å². The van der Waals surface area contributed by atoms with Gasteiger partial charge in [-0.3, -0.25) is 0 Å². The lowest BCUT2D eigenvalue weighted by Crippen LogP contribution is -2.08. The van der Waals surface area contributed by atoms with Gasteiger partial charge in [0.1, 0.15) is 0 Å². The van der Waals surface area contributed by atoms with Crippen molar-refractivity contribution in [1.82, 2.24) is 0 Å². The summed E-state index contributed by atoms with van der Waals surface area (Å²) in [5, 5.41) is 44.2. The zero-order valence-corrected chi connectivity index (χ0v) is 12.1. The van der Waals surface area contributed by atoms with Crippen molar-refractivity contribution in [2.24, 2.45) is 17.8 Å². The van der Waals surface area contributed by atoms with Gasteiger partial charge in [0.25, 0.3) is 0 Å². The zero-order valence-electron chi connectivity index (χ0n) is 12.1. The number of hydrogen-bond donors (Lipinski definition) is 0. The summed E-state index contributed by atoms with van der Waals surface area (Å²) < 4.78 is 0. The fourth-order valence-electron chi connectivity index (χ4n) is 2.16. The van der Waals surface area contributed by atoms with Gasteiger partial charge in [0, 0.05) is 30.6 Å². The van der Waals surface area contributed by atoms with Crippen molar-refractivity contribution in [3.63, 3.8) is 0 Å². The number of nitriles is 5. The molecule has 0 saturated carbocycles. The molecule has 3 unspecified atom stereocenters. The Morgan fingerprint density at radius 3 is 1.62 bits per heavy atom. The highest BCUT2D eigenvalue weighted by Crippen LogP contribution is 2.23. The highest BCUT2D eigenvalue weighted by atomic mass is 14.3. The first-order valence-electron chi connectivity index (χ1n) is 7.14. The second-order valence-electron chi connectivity index (χ2n) is 5.04. The summed E-state index contributed by atoms with van der Waals surface area (Å²) in [5.41, 5.74) is 0. The zero-order chi connectivity index (χ0) is 15.9. The number of nitrogens with zero attached hydrogens (tertiary/aromatic N) is 5. The third kappa shape index (κ3) is 9.05. The van der Waals surface area contributed by atoms with Crippen LogP contribution in [0, 0.1) is 74.4 Å². The summed E-state index contributed by atoms with van der Waals surface area (Å²) in [6.45, 7) is 0. The Kier molecular flexibility index (Phi) is 11.0. The normalized spacial score (nSPS) is 13.5. The van der Waals surface area contributed by atoms with Crippen LogP contribution < -0.4 is 0 Å². The molecule has 0 heterocycles. The van der Waals surface area contributed by atoms with Crippen molar-refractivity contribution in [3.05, 3.63) is 0 Å². The molecule has 0 aromatic carbocycles. The molecule has 0 bridgehead atoms. The highest BCUT2D eigenvalue weighted by molar-refractivity contribution is 4.94. The molecule has 21 heavy (non-hydrogen) atoms. The van der Waals surface area contributed by atoms with Gasteiger partial charge in [-0.25, -0.2) is 0 Å². The van der Waals surface area contributed by atoms with E-state index in [2.05, 4.69) is 24.3 Å². The average molecular weight is 281 g/mol. The van der Waals surface area contributed by atoms with Crippen LogP contribution in [0.2, 0.25) is 0 Å². The van der Waals surface area contributed by atoms with Gasteiger partial charge in [-0.05, 0) is 38.5 Å². The van der Waals surface area contributed by atoms with Crippen LogP contribution in [0.1, 0.15) is 51.4 Å². The van der Waals surface area contributed by atoms with E-state index in [1.54, 1.807) is 0 Å². The maximum Gasteiger partial charge on any atom is 0.0656 e. The van der Waals surface area contributed by atoms with Crippen LogP contribution in [0.25, 0.3) is 0 Å². The molecule has 0 aromatic rings. The minimum absolute atomic E-state index is 0.131. The molecule has 0 aromatic heterocycles. The molecular formula is C16H19N5. The van der Waals surface area contributed by atoms with Crippen molar-refractivity contribution in [2.45, 2.75) is 51.4 Å². The molecule has 0 aliphatic heterocycles. The van der Waals surface area contributed by atoms with E-state index in [0.29, 0.717) is 51.4 Å². The molecule has 0 spiro atoms. The van der Waals surface area contributed by atoms with Crippen molar-refractivity contribution in [1.29, 1.82) is 26.3 Å². The molecule has 108 valence electrons. The molecule has 5 heteroatoms. The summed E-state index contributed by atoms with van der Waals surface area (Å²) in [4.78, 5) is 0. The Bertz CT molecular complexity index is 491. The van der Waals surface area contributed by atoms with E-state index in [1.165, 1.54) is 0 Å². The van der Waals surface area contributed by atoms with E-state index < -0.39 is 0 Å². The van der Waals surface area contributed by atoms with Crippen LogP contribution >= 0.6 is 0 Å². The lowest BCUT2D eigenvalue weighted by molar-refractivity contribution is 0.412. The third-order valence-corrected chi connectivity index (χ3v) is 3.43. The molecule has 5 nitrogen and oxygen atoms in total. The fraction of sp³-hybridized carbons (Fsp3) is 0.688. The lowest BCUT2D eigenvalue weighted by atomic mass is 9.87. The van der Waals surface area contributed by atoms with Gasteiger partial charge in [-0.2, -0.15) is 26.3 Å². The molecule has 3 atom stereocenters. The molecule has 0 amide bonds. The first-order valence-corrected chi connectivity index (χ1v) is 7.14. The first kappa shape index (κ1) is 18.4. The lowest BCUT2D eigenvalue weighted by Gasteiger charge is -2.14. The number of hydrogen-bond acceptors (Lipinski definition) is 5. The van der Waals surface area contributed by atoms with Crippen LogP contribution in [0.5, 0.6) is 0 Å². The Hall–Kier alpha value is -2.55. The summed E-state index contributed by atoms with van der Waals surface area (Å²) in [6, 6.07) is 10.6. The fourth-order valence-corrected chi connectivity index (χ4v) is 2.16. The van der Waals surface area contributed by atoms with Crippen LogP contribution in [0.3, 0.4) is 0 Å². The quantitative estimate of drug-likeness (QED) is 0.567. The summed E-state index contributed by atoms with van der Waals surface area (Å²) in [5.74, 6) is -0.651. The smallest absolute Gasteiger partial charge is 0.0656 e. The molecule has 0 radical (unpaired) electrons. The predicted octanol–water partition coefficient (Wildman–Crippen LogP) is 3.57. The third-order valence-electron chi connectivity index (χ3n) is 3.43. The monoisotopic (exact) mass is 281 g/mol. The molecule has 0 fully saturated rings. The predicted molar refractivity (Wildman–Crippen MR) is 75.5 cm³/mol. The number of rotatable bonds is 10. The molecule has 0 aliphatic carbocycles. The Balaban J connectivity index is 4.23. The first-order chi connectivity index (χ1) is 10.2. The second-order valence-corrected chi connectivity index (χ2v) is 5.04. The van der Waals surface area contributed by atoms with Crippen LogP contribution in [-0.4, -0.2) is 0 Å². The minimum Gasteiger partial charge on any atom is -0.198 e. The van der Waals surface area contributed by atoms with Crippen molar-refractivity contribution >= 4 is 0 Å². The van der Waals surface area contributed by atoms with E-state index in [4.69, 9.17) is 26.3 Å². The SMILES string of the molecule is N#CCCCC(C#N)CCC(C#N)CC(C#N)CCC#N. The highest BCUT2D eigenvalue weighted by Gasteiger charge is 2.18. The van der Waals surface area contributed by atoms with Gasteiger partial charge in [0.15, 0.2) is 0 Å². The molecule has 0 N–H and O–H groups in total. The number of unbranched alkanes of at least 4 members (excludes halogenated alkanes) is 1. The minimum atomic E-state index is -0.270. The van der Waals surface area contributed by atoms with E-state index >= 15 is 0 Å². The average Bonchev–Trinajstić information content (AvgIpc) is 2.52. The van der Waals surface area contributed by atoms with E-state index in [9.17, 15) is 0 Å². The topological polar surface area (TPSA) is 119 Å². The van der Waals surface area contributed by atoms with Crippen LogP contribution in [0.4, 0.5) is 0 Å². The van der Waals surface area contributed by atoms with Gasteiger partial charge < -0.3 is 0 Å². The summed E-state index contributed by atoms with van der Waals surface area (Å²) >= 11 is 0. The Labute approximate surface area is 126 Å². The standard InChI is InChI=1S/C16H19N5/c17-8-2-1-4-14(11-19)6-7-16(13-21)10-15(12-20)5-3-9-18/h14-16H,1-7,10H2. The molecular weight excluding hydrogens is 262 g/mol. The van der Waals surface area contributed by atoms with Crippen LogP contribution in [-0.2, 0) is 0 Å². The summed E-state index contributed by atoms with van der Waals surface area (Å²) in [7, 11) is 0. The largest absolute Gasteiger partial charge is 0.198 e. The van der Waals surface area contributed by atoms with Gasteiger partial charge in [0.05, 0.1) is 30.3 Å². The Morgan fingerprint density at radius 2 is 1.10 bits per heavy atom. The van der Waals surface area contributed by atoms with Crippen LogP contribution in [0.15, 0.2) is 0 Å². The van der Waals surface area contributed by atoms with Crippen molar-refractivity contribution < 1.29 is 0 Å². The van der Waals surface area contributed by atoms with Gasteiger partial charge in [0.2, 0.25) is 0 Å². The maximum absolute atomic E-state index is 9.15. The van der Waals surface area contributed by atoms with E-state index in [0.717, 1.165) is 0 Å². The molecule has 0 aliphatic rings. The molecule has 0 saturated heterocycles. The van der Waals surface area contributed by atoms with Gasteiger partial charge in [-0.1, -0.05) is 0 Å². The van der Waals surface area contributed by atoms with Gasteiger partial charge in [-0.15, -0.1) is 0 Å². The second kappa shape index (κ2) is 12.5. The van der Waals surface area contributed by atoms with E-state index in [-0.39, 0.29) is 17.8 Å². The summed E-state index contributed by atoms with van der Waals surface area (Å²) in [6.07, 6.45) is 4.33. The maximum atomic E-state index is 9.15. The Morgan fingerprint density at radius 1 is 0.571 bits per heavy atom.